The van der Waals surface area contributed by atoms with Crippen molar-refractivity contribution in [1.29, 1.82) is 0 Å². The van der Waals surface area contributed by atoms with Gasteiger partial charge in [0.15, 0.2) is 10.8 Å². The van der Waals surface area contributed by atoms with Gasteiger partial charge >= 0.3 is 6.18 Å². The number of morpholine rings is 1. The molecule has 13 heteroatoms. The molecule has 2 aliphatic rings. The van der Waals surface area contributed by atoms with Crippen molar-refractivity contribution >= 4 is 33.2 Å². The maximum Gasteiger partial charge on any atom is 0.434 e. The molecule has 5 rings (SSSR count). The van der Waals surface area contributed by atoms with E-state index in [0.29, 0.717) is 48.0 Å². The molecule has 0 spiro atoms. The van der Waals surface area contributed by atoms with Crippen LogP contribution in [0.25, 0.3) is 10.9 Å². The average Bonchev–Trinajstić information content (AvgIpc) is 3.37. The third-order valence-electron chi connectivity index (χ3n) is 6.15. The lowest BCUT2D eigenvalue weighted by Gasteiger charge is -2.26. The summed E-state index contributed by atoms with van der Waals surface area (Å²) in [7, 11) is 0. The van der Waals surface area contributed by atoms with Crippen molar-refractivity contribution < 1.29 is 32.1 Å². The van der Waals surface area contributed by atoms with E-state index in [1.54, 1.807) is 12.1 Å². The molecule has 4 heterocycles. The van der Waals surface area contributed by atoms with Crippen LogP contribution in [-0.2, 0) is 15.7 Å². The fourth-order valence-electron chi connectivity index (χ4n) is 4.24. The Labute approximate surface area is 215 Å². The lowest BCUT2D eigenvalue weighted by Crippen LogP contribution is -2.37. The molecule has 1 aromatic carbocycles. The van der Waals surface area contributed by atoms with E-state index >= 15 is 0 Å². The number of hydrogen-bond acceptors (Lipinski definition) is 10. The van der Waals surface area contributed by atoms with Gasteiger partial charge in [-0.25, -0.2) is 15.0 Å². The Balaban J connectivity index is 1.37. The normalized spacial score (nSPS) is 17.7. The second-order valence-electron chi connectivity index (χ2n) is 8.78. The molecule has 1 N–H and O–H groups in total. The first-order valence-corrected chi connectivity index (χ1v) is 13.1. The first kappa shape index (κ1) is 25.9. The molecule has 0 amide bonds. The number of halogens is 3. The van der Waals surface area contributed by atoms with Crippen LogP contribution >= 0.6 is 11.3 Å². The van der Waals surface area contributed by atoms with Crippen LogP contribution < -0.4 is 14.8 Å². The van der Waals surface area contributed by atoms with Crippen LogP contribution in [0.4, 0.5) is 24.1 Å². The third kappa shape index (κ3) is 6.78. The molecule has 37 heavy (non-hydrogen) atoms. The fourth-order valence-corrected chi connectivity index (χ4v) is 4.96. The zero-order valence-electron chi connectivity index (χ0n) is 20.1. The molecule has 0 radical (unpaired) electrons. The Morgan fingerprint density at radius 2 is 1.86 bits per heavy atom. The van der Waals surface area contributed by atoms with E-state index in [4.69, 9.17) is 18.9 Å². The summed E-state index contributed by atoms with van der Waals surface area (Å²) >= 11 is 0.853. The van der Waals surface area contributed by atoms with Crippen molar-refractivity contribution in [3.05, 3.63) is 29.5 Å². The number of aromatic nitrogens is 3. The van der Waals surface area contributed by atoms with Gasteiger partial charge in [0, 0.05) is 50.0 Å². The predicted octanol–water partition coefficient (Wildman–Crippen LogP) is 4.51. The number of ether oxygens (including phenoxy) is 4. The molecule has 3 aromatic rings. The molecular formula is C24H28F3N5O4S. The zero-order valence-corrected chi connectivity index (χ0v) is 20.9. The monoisotopic (exact) mass is 539 g/mol. The number of benzene rings is 1. The Morgan fingerprint density at radius 3 is 2.62 bits per heavy atom. The van der Waals surface area contributed by atoms with Gasteiger partial charge in [0.25, 0.3) is 0 Å². The minimum atomic E-state index is -4.52. The number of fused-ring (bicyclic) bond motifs is 1. The first-order chi connectivity index (χ1) is 18.0. The van der Waals surface area contributed by atoms with Gasteiger partial charge < -0.3 is 24.3 Å². The van der Waals surface area contributed by atoms with Gasteiger partial charge in [-0.05, 0) is 6.42 Å². The van der Waals surface area contributed by atoms with Gasteiger partial charge in [0.1, 0.15) is 29.7 Å². The summed E-state index contributed by atoms with van der Waals surface area (Å²) in [6.07, 6.45) is -0.929. The van der Waals surface area contributed by atoms with E-state index in [-0.39, 0.29) is 11.2 Å². The van der Waals surface area contributed by atoms with Crippen LogP contribution in [0.5, 0.6) is 11.5 Å². The number of nitrogens with one attached hydrogen (secondary N) is 1. The van der Waals surface area contributed by atoms with Crippen LogP contribution in [0.1, 0.15) is 25.0 Å². The highest BCUT2D eigenvalue weighted by atomic mass is 32.1. The molecular weight excluding hydrogens is 511 g/mol. The fraction of sp³-hybridized carbons (Fsp3) is 0.542. The number of thiazole rings is 1. The average molecular weight is 540 g/mol. The zero-order chi connectivity index (χ0) is 25.7. The molecule has 0 atom stereocenters. The quantitative estimate of drug-likeness (QED) is 0.395. The number of rotatable bonds is 9. The topological polar surface area (TPSA) is 90.9 Å². The minimum Gasteiger partial charge on any atom is -0.493 e. The number of hydrogen-bond donors (Lipinski definition) is 1. The highest BCUT2D eigenvalue weighted by Gasteiger charge is 2.34. The largest absolute Gasteiger partial charge is 0.493 e. The van der Waals surface area contributed by atoms with Gasteiger partial charge in [-0.2, -0.15) is 13.2 Å². The lowest BCUT2D eigenvalue weighted by atomic mass is 10.1. The molecule has 2 fully saturated rings. The summed E-state index contributed by atoms with van der Waals surface area (Å²) in [5, 5.41) is 4.52. The summed E-state index contributed by atoms with van der Waals surface area (Å²) in [5.74, 6) is 1.42. The van der Waals surface area contributed by atoms with Crippen LogP contribution in [0, 0.1) is 0 Å². The van der Waals surface area contributed by atoms with Gasteiger partial charge in [-0.1, -0.05) is 0 Å². The maximum atomic E-state index is 13.0. The number of nitrogens with zero attached hydrogens (tertiary/aromatic N) is 4. The lowest BCUT2D eigenvalue weighted by molar-refractivity contribution is -0.140. The van der Waals surface area contributed by atoms with Gasteiger partial charge in [0.2, 0.25) is 0 Å². The first-order valence-electron chi connectivity index (χ1n) is 12.2. The maximum absolute atomic E-state index is 13.0. The molecule has 0 unspecified atom stereocenters. The molecule has 2 aliphatic heterocycles. The van der Waals surface area contributed by atoms with Crippen LogP contribution in [0.15, 0.2) is 23.8 Å². The van der Waals surface area contributed by atoms with E-state index in [1.165, 1.54) is 6.33 Å². The SMILES string of the molecule is FC(F)(F)c1csc(Nc2ncnc3cc(OCCCN4CCOCC4)cc(OC4CCOCC4)c23)n1. The molecule has 200 valence electrons. The molecule has 2 aromatic heterocycles. The number of alkyl halides is 3. The summed E-state index contributed by atoms with van der Waals surface area (Å²) in [4.78, 5) is 14.7. The summed E-state index contributed by atoms with van der Waals surface area (Å²) in [6, 6.07) is 3.58. The molecule has 2 saturated heterocycles. The van der Waals surface area contributed by atoms with E-state index in [2.05, 4.69) is 25.2 Å². The third-order valence-corrected chi connectivity index (χ3v) is 6.91. The smallest absolute Gasteiger partial charge is 0.434 e. The van der Waals surface area contributed by atoms with Crippen LogP contribution in [-0.4, -0.2) is 78.6 Å². The number of anilines is 2. The Hall–Kier alpha value is -2.74. The second kappa shape index (κ2) is 11.8. The van der Waals surface area contributed by atoms with Crippen LogP contribution in [0.3, 0.4) is 0 Å². The Kier molecular flexibility index (Phi) is 8.23. The Morgan fingerprint density at radius 1 is 1.08 bits per heavy atom. The summed E-state index contributed by atoms with van der Waals surface area (Å²) in [6.45, 7) is 6.01. The van der Waals surface area contributed by atoms with E-state index in [0.717, 1.165) is 68.8 Å². The van der Waals surface area contributed by atoms with E-state index in [1.807, 2.05) is 0 Å². The van der Waals surface area contributed by atoms with E-state index < -0.39 is 11.9 Å². The van der Waals surface area contributed by atoms with Crippen molar-refractivity contribution in [2.45, 2.75) is 31.5 Å². The van der Waals surface area contributed by atoms with Crippen molar-refractivity contribution in [1.82, 2.24) is 19.9 Å². The van der Waals surface area contributed by atoms with Gasteiger partial charge in [-0.15, -0.1) is 11.3 Å². The van der Waals surface area contributed by atoms with Crippen molar-refractivity contribution in [2.24, 2.45) is 0 Å². The highest BCUT2D eigenvalue weighted by molar-refractivity contribution is 7.13. The standard InChI is InChI=1S/C24H28F3N5O4S/c25-24(26,27)20-14-37-23(30-20)31-22-21-18(28-15-29-22)12-17(13-19(21)36-16-2-8-33-9-3-16)35-7-1-4-32-5-10-34-11-6-32/h12-16H,1-11H2,(H,28,29,30,31). The molecule has 0 saturated carbocycles. The second-order valence-corrected chi connectivity index (χ2v) is 9.64. The van der Waals surface area contributed by atoms with Crippen molar-refractivity contribution in [3.63, 3.8) is 0 Å². The Bertz CT molecular complexity index is 1180. The van der Waals surface area contributed by atoms with E-state index in [9.17, 15) is 13.2 Å². The summed E-state index contributed by atoms with van der Waals surface area (Å²) < 4.78 is 62.3. The van der Waals surface area contributed by atoms with Crippen molar-refractivity contribution in [2.75, 3.05) is 58.0 Å². The highest BCUT2D eigenvalue weighted by Crippen LogP contribution is 2.38. The van der Waals surface area contributed by atoms with Crippen LogP contribution in [0.2, 0.25) is 0 Å². The predicted molar refractivity (Wildman–Crippen MR) is 132 cm³/mol. The minimum absolute atomic E-state index is 0.0710. The molecule has 0 aliphatic carbocycles. The van der Waals surface area contributed by atoms with Gasteiger partial charge in [0.05, 0.1) is 43.9 Å². The molecule has 0 bridgehead atoms. The van der Waals surface area contributed by atoms with Gasteiger partial charge in [-0.3, -0.25) is 4.90 Å². The molecule has 9 nitrogen and oxygen atoms in total. The summed E-state index contributed by atoms with van der Waals surface area (Å²) in [5.41, 5.74) is -0.400. The van der Waals surface area contributed by atoms with Crippen molar-refractivity contribution in [3.8, 4) is 11.5 Å².